The van der Waals surface area contributed by atoms with Crippen molar-refractivity contribution in [3.63, 3.8) is 0 Å². The summed E-state index contributed by atoms with van der Waals surface area (Å²) in [6.07, 6.45) is -29.5. The van der Waals surface area contributed by atoms with Gasteiger partial charge in [0, 0.05) is 208 Å². The first-order valence-corrected chi connectivity index (χ1v) is 37.8. The van der Waals surface area contributed by atoms with Crippen LogP contribution in [0.5, 0.6) is 57.5 Å². The molecule has 20 heteroatoms. The molecule has 5 aromatic rings. The van der Waals surface area contributed by atoms with Crippen LogP contribution in [0.25, 0.3) is 0 Å². The van der Waals surface area contributed by atoms with Crippen LogP contribution in [-0.2, 0) is 56.0 Å². The van der Waals surface area contributed by atoms with Crippen LogP contribution >= 0.6 is 0 Å². The van der Waals surface area contributed by atoms with Gasteiger partial charge in [-0.2, -0.15) is 0 Å². The first kappa shape index (κ1) is 39.8. The Labute approximate surface area is 783 Å². The second-order valence-corrected chi connectivity index (χ2v) is 29.6. The van der Waals surface area contributed by atoms with E-state index in [0.29, 0.717) is 73.3 Å². The molecule has 0 saturated carbocycles. The number of rotatable bonds is 22. The summed E-state index contributed by atoms with van der Waals surface area (Å²) in [5.74, 6) is -27.9. The summed E-state index contributed by atoms with van der Waals surface area (Å²) in [5, 5.41) is 0. The lowest BCUT2D eigenvalue weighted by Gasteiger charge is -2.43. The number of benzene rings is 5. The standard InChI is InChI=1S/2C20H29NO3.3C19H27NO3/c2*1-5-13(2)8-15-12-21-7-6-14-9-19(23-3)20(24-4)10-16(14)17(21)11-18(15)22;3*1-12(2)7-14-11-20-6-5-13-8-18(22-3)19(23-4)9-15(13)16(20)10-17(14)21/h2*9-10,13,15,17H,5-8,11-12H2,1-4H3;3*8-9,12,14,16H,5-7,10-11H2,1-4H3/i2D3,4D3,5D2,6D2,7D2,8D2,11D2,12D2,13D,15D,17D;2D3,4D3,5D2,8D2,9D,10D,13D;4D3,5D2,6D2,10D2,11D2,14D,16D;4D3,8D,9D,10D2,14D;4D3,8D,9D. The summed E-state index contributed by atoms with van der Waals surface area (Å²) < 4.78 is 544. The first-order chi connectivity index (χ1) is 79.2. The number of ether oxygens (including phenoxy) is 10. The summed E-state index contributed by atoms with van der Waals surface area (Å²) >= 11 is 0. The summed E-state index contributed by atoms with van der Waals surface area (Å²) in [6, 6.07) is -7.91. The fourth-order valence-corrected chi connectivity index (χ4v) is 15.0. The highest BCUT2D eigenvalue weighted by atomic mass is 16.5. The molecule has 0 radical (unpaired) electrons. The maximum Gasteiger partial charge on any atom is 0.161 e. The van der Waals surface area contributed by atoms with E-state index in [1.54, 1.807) is 23.6 Å². The normalized spacial score (nSPS) is 40.9. The Morgan fingerprint density at radius 1 is 0.410 bits per heavy atom. The molecule has 5 fully saturated rings. The molecule has 5 saturated heterocycles. The topological polar surface area (TPSA) is 194 Å². The smallest absolute Gasteiger partial charge is 0.161 e. The molecule has 10 aliphatic rings. The molecule has 0 amide bonds. The van der Waals surface area contributed by atoms with Crippen LogP contribution in [0.3, 0.4) is 0 Å². The van der Waals surface area contributed by atoms with E-state index in [-0.39, 0.29) is 144 Å². The Balaban J connectivity index is 0.000000207. The van der Waals surface area contributed by atoms with E-state index < -0.39 is 296 Å². The highest BCUT2D eigenvalue weighted by Gasteiger charge is 2.45. The van der Waals surface area contributed by atoms with Gasteiger partial charge in [-0.3, -0.25) is 48.5 Å². The van der Waals surface area contributed by atoms with E-state index in [9.17, 15) is 25.3 Å². The lowest BCUT2D eigenvalue weighted by Crippen LogP contribution is -2.46. The molecular formula is C97H139N5O15. The van der Waals surface area contributed by atoms with Crippen molar-refractivity contribution in [1.29, 1.82) is 0 Å². The van der Waals surface area contributed by atoms with Gasteiger partial charge in [0.1, 0.15) is 28.9 Å². The lowest BCUT2D eigenvalue weighted by molar-refractivity contribution is -0.130. The zero-order valence-electron chi connectivity index (χ0n) is 127. The third kappa shape index (κ3) is 21.0. The monoisotopic (exact) mass is 1670 g/mol. The van der Waals surface area contributed by atoms with Crippen LogP contribution in [0.1, 0.15) is 314 Å². The van der Waals surface area contributed by atoms with Gasteiger partial charge in [0.25, 0.3) is 0 Å². The van der Waals surface area contributed by atoms with Crippen LogP contribution in [0.4, 0.5) is 0 Å². The number of fused-ring (bicyclic) bond motifs is 15. The molecule has 117 heavy (non-hydrogen) atoms. The maximum absolute atomic E-state index is 14.1. The second-order valence-electron chi connectivity index (χ2n) is 29.6. The molecule has 10 heterocycles. The van der Waals surface area contributed by atoms with Crippen molar-refractivity contribution in [2.45, 2.75) is 208 Å². The van der Waals surface area contributed by atoms with Crippen LogP contribution < -0.4 is 47.4 Å². The van der Waals surface area contributed by atoms with Gasteiger partial charge in [-0.15, -0.1) is 0 Å². The zero-order chi connectivity index (χ0) is 137. The lowest BCUT2D eigenvalue weighted by atomic mass is 9.79. The molecule has 642 valence electrons. The van der Waals surface area contributed by atoms with Crippen LogP contribution in [0.2, 0.25) is 0 Å². The number of nitrogens with zero attached hydrogens (tertiary/aromatic N) is 5. The van der Waals surface area contributed by atoms with Gasteiger partial charge in [-0.25, -0.2) is 0 Å². The predicted molar refractivity (Wildman–Crippen MR) is 460 cm³/mol. The predicted octanol–water partition coefficient (Wildman–Crippen LogP) is 17.0. The summed E-state index contributed by atoms with van der Waals surface area (Å²) in [7, 11) is -9.05. The third-order valence-electron chi connectivity index (χ3n) is 20.6. The Kier molecular flexibility index (Phi) is 14.0. The molecular weight excluding hydrogens is 1480 g/mol. The quantitative estimate of drug-likeness (QED) is 0.0634. The van der Waals surface area contributed by atoms with E-state index in [0.717, 1.165) is 39.7 Å². The van der Waals surface area contributed by atoms with Crippen LogP contribution in [-0.4, -0.2) is 189 Å². The molecule has 0 aliphatic carbocycles. The van der Waals surface area contributed by atoms with Gasteiger partial charge in [-0.05, 0) is 210 Å². The Hall–Kier alpha value is -7.75. The number of aryl methyl sites for hydroxylation is 2. The minimum absolute atomic E-state index is 0.00188. The number of methoxy groups -OCH3 is 10. The summed E-state index contributed by atoms with van der Waals surface area (Å²) in [6.45, 7) is -9.01. The maximum atomic E-state index is 14.1. The number of carbonyl (C=O) groups excluding carboxylic acids is 5. The van der Waals surface area contributed by atoms with E-state index in [2.05, 4.69) is 18.7 Å². The van der Waals surface area contributed by atoms with Crippen LogP contribution in [0.15, 0.2) is 60.5 Å². The molecule has 0 N–H and O–H groups in total. The molecule has 15 rings (SSSR count). The minimum Gasteiger partial charge on any atom is -0.493 e. The number of ketones is 5. The zero-order valence-corrected chi connectivity index (χ0v) is 67.2. The van der Waals surface area contributed by atoms with Gasteiger partial charge in [0.15, 0.2) is 57.5 Å². The van der Waals surface area contributed by atoms with Gasteiger partial charge in [-0.1, -0.05) is 81.8 Å². The van der Waals surface area contributed by atoms with Crippen molar-refractivity contribution in [3.8, 4) is 57.5 Å². The molecule has 5 aromatic carbocycles. The average Bonchev–Trinajstić information content (AvgIpc) is 0.647. The van der Waals surface area contributed by atoms with Crippen molar-refractivity contribution in [1.82, 2.24) is 24.5 Å². The van der Waals surface area contributed by atoms with Gasteiger partial charge in [0.05, 0.1) is 102 Å². The summed E-state index contributed by atoms with van der Waals surface area (Å²) in [5.41, 5.74) is -1.31. The first-order valence-electron chi connectivity index (χ1n) is 67.8. The molecule has 12 unspecified atom stereocenters. The largest absolute Gasteiger partial charge is 0.493 e. The summed E-state index contributed by atoms with van der Waals surface area (Å²) in [4.78, 5) is 71.7. The van der Waals surface area contributed by atoms with Gasteiger partial charge in [0.2, 0.25) is 0 Å². The second kappa shape index (κ2) is 41.0. The van der Waals surface area contributed by atoms with E-state index in [1.807, 2.05) is 13.8 Å². The molecule has 12 atom stereocenters. The van der Waals surface area contributed by atoms with Gasteiger partial charge < -0.3 is 47.4 Å². The molecule has 20 nitrogen and oxygen atoms in total. The van der Waals surface area contributed by atoms with Gasteiger partial charge >= 0.3 is 0 Å². The molecule has 0 aromatic heterocycles. The number of Topliss-reactive ketones (excluding diaryl/α,β-unsaturated/α-hetero) is 5. The Bertz CT molecular complexity index is 7110. The Morgan fingerprint density at radius 2 is 0.778 bits per heavy atom. The molecule has 0 spiro atoms. The van der Waals surface area contributed by atoms with Crippen LogP contribution in [0, 0.1) is 59.1 Å². The number of carbonyl (C=O) groups is 5. The minimum atomic E-state index is -4.58. The highest BCUT2D eigenvalue weighted by Crippen LogP contribution is 2.49. The molecule has 0 bridgehead atoms. The SMILES string of the molecule is [2H]C([2H])([2H])Oc1cc2c(cc1OC)C([2H])([2H])C([2H])([2H])N1C([2H])([2H])C([2H])(C([2H])([2H])C([2H])(C([2H])([2H])[2H])C([2H])([2H])C)C(=O)C([2H])([2H])C21[2H].[2H]C([2H])([2H])Oc1cc2c(cc1OC)C([2H])([2H])C([2H])([2H])N1C([2H])([2H])C([2H])(CC(C)C)C(=O)C([2H])([2H])C21[2H].[2H]c1c2c(c([2H])c(OC([2H])([2H])[2H])c1OC)C1CC(=O)C(C([2H])([2H])C([2H])(C([2H])([2H])[2H])C([2H])([2H])C)CN1CC2.[2H]c1c2c(c([2H])c(OC([2H])([2H])[2H])c1OC)C1CC(=O)C(CC(C)C)CN1CC2.[2H]c1c2c(c([2H])c(OC([2H])([2H])[2H])c1OC)C1N(CC2)CC([2H])(CC(C)C)C(=O)C1([2H])[2H]. The fraction of sp³-hybridized carbons (Fsp3) is 0.639. The van der Waals surface area contributed by atoms with E-state index >= 15 is 0 Å². The van der Waals surface area contributed by atoms with Crippen molar-refractivity contribution >= 4 is 28.9 Å². The van der Waals surface area contributed by atoms with E-state index in [1.165, 1.54) is 21.3 Å². The van der Waals surface area contributed by atoms with Crippen molar-refractivity contribution < 1.29 is 154 Å². The number of piperidine rings is 5. The molecule has 10 aliphatic heterocycles. The third-order valence-corrected chi connectivity index (χ3v) is 20.6. The Morgan fingerprint density at radius 3 is 1.21 bits per heavy atom. The van der Waals surface area contributed by atoms with E-state index in [4.69, 9.17) is 128 Å². The highest BCUT2D eigenvalue weighted by molar-refractivity contribution is 5.86. The average molecular weight is 1680 g/mol. The van der Waals surface area contributed by atoms with Crippen molar-refractivity contribution in [2.75, 3.05) is 136 Å². The fourth-order valence-electron chi connectivity index (χ4n) is 15.0. The number of hydrogen-bond donors (Lipinski definition) is 0. The van der Waals surface area contributed by atoms with Crippen molar-refractivity contribution in [2.24, 2.45) is 59.1 Å². The van der Waals surface area contributed by atoms with Crippen molar-refractivity contribution in [3.05, 3.63) is 116 Å². The number of hydrogen-bond acceptors (Lipinski definition) is 20.